The Morgan fingerprint density at radius 3 is 2.51 bits per heavy atom. The van der Waals surface area contributed by atoms with Gasteiger partial charge in [0.25, 0.3) is 0 Å². The molecule has 4 heterocycles. The number of anilines is 1. The number of hydrogen-bond donors (Lipinski definition) is 3. The smallest absolute Gasteiger partial charge is 0.435 e. The number of pyridine rings is 2. The van der Waals surface area contributed by atoms with E-state index in [1.807, 2.05) is 48.5 Å². The number of aromatic nitrogens is 2. The number of nitrogens with one attached hydrogen (secondary N) is 2. The van der Waals surface area contributed by atoms with Crippen LogP contribution in [0.4, 0.5) is 18.9 Å². The lowest BCUT2D eigenvalue weighted by Crippen LogP contribution is -2.25. The van der Waals surface area contributed by atoms with Crippen LogP contribution in [-0.4, -0.2) is 65.2 Å². The van der Waals surface area contributed by atoms with Crippen molar-refractivity contribution in [1.29, 1.82) is 0 Å². The summed E-state index contributed by atoms with van der Waals surface area (Å²) >= 11 is 7.14. The molecular weight excluding hydrogens is 735 g/mol. The summed E-state index contributed by atoms with van der Waals surface area (Å²) in [5.74, 6) is -0.665. The Kier molecular flexibility index (Phi) is 11.2. The van der Waals surface area contributed by atoms with Crippen LogP contribution in [0.25, 0.3) is 22.4 Å². The number of carboxylic acid groups (broad SMARTS) is 1. The number of amides is 1. The van der Waals surface area contributed by atoms with Gasteiger partial charge in [-0.2, -0.15) is 13.2 Å². The van der Waals surface area contributed by atoms with Crippen LogP contribution >= 0.6 is 11.6 Å². The molecule has 3 atom stereocenters. The molecule has 55 heavy (non-hydrogen) atoms. The zero-order valence-electron chi connectivity index (χ0n) is 30.6. The van der Waals surface area contributed by atoms with Crippen LogP contribution in [0, 0.1) is 5.92 Å². The number of halogens is 4. The summed E-state index contributed by atoms with van der Waals surface area (Å²) in [6.45, 7) is 0.718. The number of nitrogens with zero attached hydrogens (tertiary/aromatic N) is 3. The Morgan fingerprint density at radius 1 is 1.02 bits per heavy atom. The van der Waals surface area contributed by atoms with Crippen LogP contribution in [0.1, 0.15) is 72.6 Å². The lowest BCUT2D eigenvalue weighted by atomic mass is 9.94. The number of ether oxygens (including phenoxy) is 2. The number of benzene rings is 2. The van der Waals surface area contributed by atoms with Crippen molar-refractivity contribution in [2.75, 3.05) is 32.6 Å². The number of fused-ring (bicyclic) bond motifs is 1. The van der Waals surface area contributed by atoms with E-state index in [4.69, 9.17) is 26.1 Å². The van der Waals surface area contributed by atoms with Crippen molar-refractivity contribution < 1.29 is 37.3 Å². The summed E-state index contributed by atoms with van der Waals surface area (Å²) in [5, 5.41) is 16.0. The first-order chi connectivity index (χ1) is 26.4. The fourth-order valence-electron chi connectivity index (χ4n) is 8.14. The van der Waals surface area contributed by atoms with Crippen molar-refractivity contribution in [3.8, 4) is 34.0 Å². The maximum absolute atomic E-state index is 14.5. The Bertz CT molecular complexity index is 2100. The van der Waals surface area contributed by atoms with Gasteiger partial charge < -0.3 is 25.2 Å². The number of likely N-dealkylation sites (tertiary alicyclic amines) is 1. The third-order valence-electron chi connectivity index (χ3n) is 10.9. The highest BCUT2D eigenvalue weighted by Crippen LogP contribution is 2.45. The van der Waals surface area contributed by atoms with Gasteiger partial charge >= 0.3 is 12.1 Å². The van der Waals surface area contributed by atoms with Gasteiger partial charge in [-0.05, 0) is 74.2 Å². The van der Waals surface area contributed by atoms with Crippen molar-refractivity contribution in [3.63, 3.8) is 0 Å². The second kappa shape index (κ2) is 16.1. The number of alkyl halides is 3. The van der Waals surface area contributed by atoms with Gasteiger partial charge in [-0.25, -0.2) is 9.97 Å². The van der Waals surface area contributed by atoms with Crippen LogP contribution in [0.5, 0.6) is 11.6 Å². The summed E-state index contributed by atoms with van der Waals surface area (Å²) in [5.41, 5.74) is 4.76. The first kappa shape index (κ1) is 38.4. The van der Waals surface area contributed by atoms with Gasteiger partial charge in [0.05, 0.1) is 48.3 Å². The fraction of sp³-hybridized carbons (Fsp3) is 0.415. The molecule has 7 rings (SSSR count). The van der Waals surface area contributed by atoms with E-state index in [0.29, 0.717) is 48.8 Å². The highest BCUT2D eigenvalue weighted by molar-refractivity contribution is 6.36. The van der Waals surface area contributed by atoms with Crippen molar-refractivity contribution in [2.24, 2.45) is 5.92 Å². The molecule has 1 amide bonds. The van der Waals surface area contributed by atoms with Crippen LogP contribution in [-0.2, 0) is 35.2 Å². The predicted octanol–water partition coefficient (Wildman–Crippen LogP) is 8.11. The van der Waals surface area contributed by atoms with Crippen LogP contribution in [0.3, 0.4) is 0 Å². The molecule has 0 unspecified atom stereocenters. The van der Waals surface area contributed by atoms with Crippen molar-refractivity contribution in [2.45, 2.75) is 76.2 Å². The SMILES string of the molecule is COc1cc(N[C@H]2CCc3c(-c4cccc(-c5ccc(CCC[C@@H]6CCC(=O)N6)c(OC)n5)c4Cl)cccc32)c(C(F)(F)F)nc1CN1CC[C@@H](C(=O)O)C1. The van der Waals surface area contributed by atoms with Gasteiger partial charge in [-0.1, -0.05) is 54.1 Å². The van der Waals surface area contributed by atoms with E-state index in [1.165, 1.54) is 13.2 Å². The molecule has 2 aliphatic heterocycles. The topological polar surface area (TPSA) is 126 Å². The highest BCUT2D eigenvalue weighted by atomic mass is 35.5. The number of rotatable bonds is 13. The quantitative estimate of drug-likeness (QED) is 0.124. The van der Waals surface area contributed by atoms with E-state index < -0.39 is 29.8 Å². The Hall–Kier alpha value is -4.88. The average Bonchev–Trinajstić information content (AvgIpc) is 3.92. The molecule has 2 aromatic carbocycles. The summed E-state index contributed by atoms with van der Waals surface area (Å²) in [6, 6.07) is 16.6. The molecule has 2 fully saturated rings. The molecule has 10 nitrogen and oxygen atoms in total. The molecule has 2 aromatic heterocycles. The molecule has 4 aromatic rings. The second-order valence-electron chi connectivity index (χ2n) is 14.4. The van der Waals surface area contributed by atoms with Crippen molar-refractivity contribution in [3.05, 3.63) is 87.7 Å². The summed E-state index contributed by atoms with van der Waals surface area (Å²) in [7, 11) is 2.98. The van der Waals surface area contributed by atoms with Crippen LogP contribution in [0.2, 0.25) is 5.02 Å². The lowest BCUT2D eigenvalue weighted by molar-refractivity contribution is -0.141. The molecule has 2 saturated heterocycles. The van der Waals surface area contributed by atoms with Gasteiger partial charge in [-0.15, -0.1) is 0 Å². The van der Waals surface area contributed by atoms with Crippen LogP contribution < -0.4 is 20.1 Å². The third kappa shape index (κ3) is 8.23. The Balaban J connectivity index is 1.12. The average molecular weight is 778 g/mol. The minimum atomic E-state index is -4.75. The molecule has 290 valence electrons. The van der Waals surface area contributed by atoms with Gasteiger partial charge in [0.1, 0.15) is 5.75 Å². The highest BCUT2D eigenvalue weighted by Gasteiger charge is 2.39. The first-order valence-electron chi connectivity index (χ1n) is 18.5. The standard InChI is InChI=1S/C41H43ClF3N5O5/c1-54-35-20-33(38(41(43,44)45)48-34(35)22-50-19-18-24(21-50)40(52)53)47-31-16-14-27-26(8-4-9-28(27)31)29-10-5-11-30(37(29)42)32-15-12-23(39(49-32)55-2)6-3-7-25-13-17-36(51)46-25/h4-5,8-12,15,20,24-25,31,47H,3,6-7,13-14,16-19,21-22H2,1-2H3,(H,46,51)(H,52,53)/t24-,25-,31+/m1/s1. The number of carbonyl (C=O) groups excluding carboxylic acids is 1. The fourth-order valence-corrected chi connectivity index (χ4v) is 8.46. The number of carbonyl (C=O) groups is 2. The van der Waals surface area contributed by atoms with Gasteiger partial charge in [0, 0.05) is 48.3 Å². The van der Waals surface area contributed by atoms with E-state index in [2.05, 4.69) is 15.6 Å². The minimum Gasteiger partial charge on any atom is -0.495 e. The third-order valence-corrected chi connectivity index (χ3v) is 11.3. The van der Waals surface area contributed by atoms with E-state index >= 15 is 0 Å². The number of carboxylic acids is 1. The number of methoxy groups -OCH3 is 2. The van der Waals surface area contributed by atoms with Crippen molar-refractivity contribution in [1.82, 2.24) is 20.2 Å². The zero-order chi connectivity index (χ0) is 38.9. The number of aryl methyl sites for hydroxylation is 1. The summed E-state index contributed by atoms with van der Waals surface area (Å²) < 4.78 is 54.8. The Labute approximate surface area is 322 Å². The molecular formula is C41H43ClF3N5O5. The summed E-state index contributed by atoms with van der Waals surface area (Å²) in [6.07, 6.45) is 0.801. The van der Waals surface area contributed by atoms with Crippen molar-refractivity contribution >= 4 is 29.2 Å². The molecule has 0 bridgehead atoms. The van der Waals surface area contributed by atoms with Gasteiger partial charge in [0.15, 0.2) is 5.69 Å². The molecule has 1 aliphatic carbocycles. The van der Waals surface area contributed by atoms with E-state index in [0.717, 1.165) is 59.1 Å². The molecule has 0 saturated carbocycles. The zero-order valence-corrected chi connectivity index (χ0v) is 31.4. The normalized spacial score (nSPS) is 19.7. The lowest BCUT2D eigenvalue weighted by Gasteiger charge is -2.23. The molecule has 14 heteroatoms. The maximum Gasteiger partial charge on any atom is 0.435 e. The maximum atomic E-state index is 14.5. The van der Waals surface area contributed by atoms with Gasteiger partial charge in [-0.3, -0.25) is 14.5 Å². The minimum absolute atomic E-state index is 0.0422. The number of hydrogen-bond acceptors (Lipinski definition) is 8. The van der Waals surface area contributed by atoms with Crippen LogP contribution in [0.15, 0.2) is 54.6 Å². The first-order valence-corrected chi connectivity index (χ1v) is 18.9. The second-order valence-corrected chi connectivity index (χ2v) is 14.8. The summed E-state index contributed by atoms with van der Waals surface area (Å²) in [4.78, 5) is 33.7. The largest absolute Gasteiger partial charge is 0.495 e. The molecule has 3 aliphatic rings. The van der Waals surface area contributed by atoms with E-state index in [1.54, 1.807) is 12.0 Å². The van der Waals surface area contributed by atoms with E-state index in [-0.39, 0.29) is 42.2 Å². The monoisotopic (exact) mass is 777 g/mol. The van der Waals surface area contributed by atoms with E-state index in [9.17, 15) is 27.9 Å². The number of aliphatic carboxylic acids is 1. The Morgan fingerprint density at radius 2 is 1.80 bits per heavy atom. The molecule has 0 radical (unpaired) electrons. The molecule has 0 spiro atoms. The van der Waals surface area contributed by atoms with Gasteiger partial charge in [0.2, 0.25) is 11.8 Å². The predicted molar refractivity (Wildman–Crippen MR) is 202 cm³/mol. The molecule has 3 N–H and O–H groups in total.